The molecule has 1 aromatic carbocycles. The van der Waals surface area contributed by atoms with Gasteiger partial charge in [0.2, 0.25) is 0 Å². The normalized spacial score (nSPS) is 12.2. The van der Waals surface area contributed by atoms with E-state index in [1.807, 2.05) is 32.0 Å². The first-order valence-corrected chi connectivity index (χ1v) is 5.78. The molecule has 4 heteroatoms. The van der Waals surface area contributed by atoms with Crippen molar-refractivity contribution in [3.05, 3.63) is 59.4 Å². The molecule has 4 nitrogen and oxygen atoms in total. The number of rotatable bonds is 3. The highest BCUT2D eigenvalue weighted by atomic mass is 16.3. The molecule has 0 saturated carbocycles. The number of hydrogen-bond acceptors (Lipinski definition) is 2. The molecule has 0 fully saturated rings. The summed E-state index contributed by atoms with van der Waals surface area (Å²) in [6, 6.07) is 12.7. The van der Waals surface area contributed by atoms with Gasteiger partial charge in [-0.25, -0.2) is 0 Å². The highest BCUT2D eigenvalue weighted by Crippen LogP contribution is 2.13. The molecular weight excluding hydrogens is 228 g/mol. The number of aryl methyl sites for hydroxylation is 2. The van der Waals surface area contributed by atoms with Crippen molar-refractivity contribution in [3.63, 3.8) is 0 Å². The lowest BCUT2D eigenvalue weighted by Crippen LogP contribution is -2.29. The minimum atomic E-state index is -1.16. The lowest BCUT2D eigenvalue weighted by molar-refractivity contribution is -0.125. The summed E-state index contributed by atoms with van der Waals surface area (Å²) in [5.74, 6) is -0.441. The zero-order valence-corrected chi connectivity index (χ0v) is 10.4. The largest absolute Gasteiger partial charge is 0.378 e. The van der Waals surface area contributed by atoms with E-state index in [0.29, 0.717) is 5.56 Å². The molecule has 0 aliphatic heterocycles. The second kappa shape index (κ2) is 5.06. The quantitative estimate of drug-likeness (QED) is 0.866. The average Bonchev–Trinajstić information content (AvgIpc) is 2.70. The lowest BCUT2D eigenvalue weighted by Gasteiger charge is -2.15. The van der Waals surface area contributed by atoms with Crippen LogP contribution < -0.4 is 5.43 Å². The van der Waals surface area contributed by atoms with Crippen molar-refractivity contribution in [1.29, 1.82) is 0 Å². The van der Waals surface area contributed by atoms with Gasteiger partial charge in [0.05, 0.1) is 0 Å². The van der Waals surface area contributed by atoms with E-state index in [9.17, 15) is 9.90 Å². The maximum absolute atomic E-state index is 11.9. The van der Waals surface area contributed by atoms with Crippen molar-refractivity contribution < 1.29 is 9.90 Å². The van der Waals surface area contributed by atoms with Crippen molar-refractivity contribution in [3.8, 4) is 0 Å². The summed E-state index contributed by atoms with van der Waals surface area (Å²) in [5.41, 5.74) is 5.10. The highest BCUT2D eigenvalue weighted by Gasteiger charge is 2.17. The number of carbonyl (C=O) groups excluding carboxylic acids is 1. The van der Waals surface area contributed by atoms with Crippen LogP contribution in [0.15, 0.2) is 42.5 Å². The SMILES string of the molecule is Cc1ccc(C)n1NC(=O)[C@@H](O)c1ccccc1. The molecule has 0 radical (unpaired) electrons. The molecule has 2 aromatic rings. The molecule has 94 valence electrons. The molecule has 1 atom stereocenters. The maximum Gasteiger partial charge on any atom is 0.272 e. The van der Waals surface area contributed by atoms with Gasteiger partial charge in [-0.1, -0.05) is 30.3 Å². The first-order valence-electron chi connectivity index (χ1n) is 5.78. The molecule has 2 rings (SSSR count). The topological polar surface area (TPSA) is 54.3 Å². The van der Waals surface area contributed by atoms with Gasteiger partial charge in [-0.2, -0.15) is 0 Å². The van der Waals surface area contributed by atoms with Crippen LogP contribution >= 0.6 is 0 Å². The van der Waals surface area contributed by atoms with Gasteiger partial charge in [0.25, 0.3) is 5.91 Å². The van der Waals surface area contributed by atoms with Gasteiger partial charge in [0.15, 0.2) is 6.10 Å². The Bertz CT molecular complexity index is 527. The lowest BCUT2D eigenvalue weighted by atomic mass is 10.1. The Morgan fingerprint density at radius 3 is 2.22 bits per heavy atom. The summed E-state index contributed by atoms with van der Waals surface area (Å²) in [5, 5.41) is 9.94. The minimum absolute atomic E-state index is 0.441. The Balaban J connectivity index is 2.14. The van der Waals surface area contributed by atoms with Crippen LogP contribution in [-0.2, 0) is 4.79 Å². The Hall–Kier alpha value is -2.07. The molecule has 1 heterocycles. The molecular formula is C14H16N2O2. The molecule has 0 saturated heterocycles. The van der Waals surface area contributed by atoms with Gasteiger partial charge in [0, 0.05) is 11.4 Å². The van der Waals surface area contributed by atoms with Gasteiger partial charge >= 0.3 is 0 Å². The number of aromatic nitrogens is 1. The fraction of sp³-hybridized carbons (Fsp3) is 0.214. The number of amides is 1. The van der Waals surface area contributed by atoms with Gasteiger partial charge in [0.1, 0.15) is 0 Å². The summed E-state index contributed by atoms with van der Waals surface area (Å²) >= 11 is 0. The number of nitrogens with zero attached hydrogens (tertiary/aromatic N) is 1. The van der Waals surface area contributed by atoms with Crippen molar-refractivity contribution in [2.24, 2.45) is 0 Å². The van der Waals surface area contributed by atoms with Gasteiger partial charge in [-0.3, -0.25) is 14.9 Å². The predicted octanol–water partition coefficient (Wildman–Crippen LogP) is 1.91. The third-order valence-electron chi connectivity index (χ3n) is 2.86. The van der Waals surface area contributed by atoms with Crippen molar-refractivity contribution >= 4 is 5.91 Å². The Kier molecular flexibility index (Phi) is 3.48. The summed E-state index contributed by atoms with van der Waals surface area (Å²) in [4.78, 5) is 11.9. The summed E-state index contributed by atoms with van der Waals surface area (Å²) < 4.78 is 1.66. The number of hydrogen-bond donors (Lipinski definition) is 2. The standard InChI is InChI=1S/C14H16N2O2/c1-10-8-9-11(2)16(10)15-14(18)13(17)12-6-4-3-5-7-12/h3-9,13,17H,1-2H3,(H,15,18)/t13-/m0/s1. The van der Waals surface area contributed by atoms with Crippen molar-refractivity contribution in [2.45, 2.75) is 20.0 Å². The molecule has 1 amide bonds. The van der Waals surface area contributed by atoms with E-state index in [1.54, 1.807) is 28.9 Å². The Morgan fingerprint density at radius 2 is 1.67 bits per heavy atom. The summed E-state index contributed by atoms with van der Waals surface area (Å²) in [6.07, 6.45) is -1.16. The van der Waals surface area contributed by atoms with Crippen LogP contribution in [0.25, 0.3) is 0 Å². The van der Waals surface area contributed by atoms with E-state index in [2.05, 4.69) is 5.43 Å². The Labute approximate surface area is 106 Å². The third kappa shape index (κ3) is 2.43. The first kappa shape index (κ1) is 12.4. The number of carbonyl (C=O) groups is 1. The molecule has 0 unspecified atom stereocenters. The number of nitrogens with one attached hydrogen (secondary N) is 1. The second-order valence-electron chi connectivity index (χ2n) is 4.24. The number of aliphatic hydroxyl groups excluding tert-OH is 1. The summed E-state index contributed by atoms with van der Waals surface area (Å²) in [7, 11) is 0. The number of benzene rings is 1. The van der Waals surface area contributed by atoms with Crippen LogP contribution in [0, 0.1) is 13.8 Å². The smallest absolute Gasteiger partial charge is 0.272 e. The van der Waals surface area contributed by atoms with E-state index in [4.69, 9.17) is 0 Å². The molecule has 0 spiro atoms. The zero-order chi connectivity index (χ0) is 13.1. The monoisotopic (exact) mass is 244 g/mol. The van der Waals surface area contributed by atoms with Crippen LogP contribution in [0.4, 0.5) is 0 Å². The fourth-order valence-electron chi connectivity index (χ4n) is 1.80. The molecule has 18 heavy (non-hydrogen) atoms. The van der Waals surface area contributed by atoms with Crippen LogP contribution in [0.3, 0.4) is 0 Å². The van der Waals surface area contributed by atoms with E-state index < -0.39 is 12.0 Å². The van der Waals surface area contributed by atoms with Gasteiger partial charge in [-0.05, 0) is 31.5 Å². The van der Waals surface area contributed by atoms with Crippen LogP contribution in [0.1, 0.15) is 23.1 Å². The molecule has 0 aliphatic rings. The summed E-state index contributed by atoms with van der Waals surface area (Å²) in [6.45, 7) is 3.78. The first-order chi connectivity index (χ1) is 8.59. The average molecular weight is 244 g/mol. The van der Waals surface area contributed by atoms with Crippen LogP contribution in [0.2, 0.25) is 0 Å². The Morgan fingerprint density at radius 1 is 1.11 bits per heavy atom. The molecule has 0 bridgehead atoms. The van der Waals surface area contributed by atoms with E-state index in [1.165, 1.54) is 0 Å². The molecule has 0 aliphatic carbocycles. The second-order valence-corrected chi connectivity index (χ2v) is 4.24. The molecule has 2 N–H and O–H groups in total. The van der Waals surface area contributed by atoms with Gasteiger partial charge in [-0.15, -0.1) is 0 Å². The van der Waals surface area contributed by atoms with Crippen LogP contribution in [0.5, 0.6) is 0 Å². The minimum Gasteiger partial charge on any atom is -0.378 e. The maximum atomic E-state index is 11.9. The highest BCUT2D eigenvalue weighted by molar-refractivity contribution is 5.88. The van der Waals surface area contributed by atoms with E-state index in [-0.39, 0.29) is 0 Å². The number of aliphatic hydroxyl groups is 1. The zero-order valence-electron chi connectivity index (χ0n) is 10.4. The van der Waals surface area contributed by atoms with E-state index in [0.717, 1.165) is 11.4 Å². The molecule has 1 aromatic heterocycles. The third-order valence-corrected chi connectivity index (χ3v) is 2.86. The van der Waals surface area contributed by atoms with Crippen molar-refractivity contribution in [2.75, 3.05) is 5.43 Å². The van der Waals surface area contributed by atoms with Crippen molar-refractivity contribution in [1.82, 2.24) is 4.68 Å². The van der Waals surface area contributed by atoms with E-state index >= 15 is 0 Å². The van der Waals surface area contributed by atoms with Gasteiger partial charge < -0.3 is 5.11 Å². The predicted molar refractivity (Wildman–Crippen MR) is 69.7 cm³/mol. The van der Waals surface area contributed by atoms with Crippen LogP contribution in [-0.4, -0.2) is 15.7 Å². The fourth-order valence-corrected chi connectivity index (χ4v) is 1.80.